The van der Waals surface area contributed by atoms with E-state index in [1.807, 2.05) is 0 Å². The van der Waals surface area contributed by atoms with E-state index in [2.05, 4.69) is 4.74 Å². The average Bonchev–Trinajstić information content (AvgIpc) is 2.28. The molecule has 0 saturated carbocycles. The molecule has 0 bridgehead atoms. The number of hydrogen-bond acceptors (Lipinski definition) is 1. The highest BCUT2D eigenvalue weighted by Gasteiger charge is 2.32. The molecule has 0 amide bonds. The second-order valence-corrected chi connectivity index (χ2v) is 4.51. The summed E-state index contributed by atoms with van der Waals surface area (Å²) < 4.78 is 41.1. The molecule has 0 fully saturated rings. The Labute approximate surface area is 117 Å². The predicted octanol–water partition coefficient (Wildman–Crippen LogP) is 5.56. The molecule has 19 heavy (non-hydrogen) atoms. The monoisotopic (exact) mass is 306 g/mol. The predicted molar refractivity (Wildman–Crippen MR) is 68.6 cm³/mol. The van der Waals surface area contributed by atoms with Crippen LogP contribution in [0.25, 0.3) is 11.1 Å². The van der Waals surface area contributed by atoms with Crippen LogP contribution >= 0.6 is 23.2 Å². The molecule has 0 aliphatic heterocycles. The minimum Gasteiger partial charge on any atom is -0.405 e. The molecule has 0 N–H and O–H groups in total. The number of halogens is 5. The molecular formula is C13H7Cl2F3O. The van der Waals surface area contributed by atoms with Crippen molar-refractivity contribution in [2.75, 3.05) is 0 Å². The average molecular weight is 307 g/mol. The van der Waals surface area contributed by atoms with Gasteiger partial charge in [0.25, 0.3) is 0 Å². The van der Waals surface area contributed by atoms with Crippen LogP contribution in [0, 0.1) is 0 Å². The van der Waals surface area contributed by atoms with Gasteiger partial charge in [0, 0.05) is 21.2 Å². The zero-order chi connectivity index (χ0) is 14.0. The van der Waals surface area contributed by atoms with E-state index in [4.69, 9.17) is 23.2 Å². The third kappa shape index (κ3) is 3.55. The van der Waals surface area contributed by atoms with Gasteiger partial charge in [-0.15, -0.1) is 13.2 Å². The molecule has 1 nitrogen and oxygen atoms in total. The topological polar surface area (TPSA) is 9.23 Å². The second-order valence-electron chi connectivity index (χ2n) is 3.67. The summed E-state index contributed by atoms with van der Waals surface area (Å²) in [4.78, 5) is 0. The van der Waals surface area contributed by atoms with Gasteiger partial charge in [0.05, 0.1) is 0 Å². The Kier molecular flexibility index (Phi) is 3.92. The van der Waals surface area contributed by atoms with Crippen LogP contribution in [0.5, 0.6) is 5.75 Å². The van der Waals surface area contributed by atoms with Crippen LogP contribution in [-0.2, 0) is 0 Å². The molecule has 0 unspecified atom stereocenters. The summed E-state index contributed by atoms with van der Waals surface area (Å²) in [5.41, 5.74) is 0.674. The first kappa shape index (κ1) is 14.0. The summed E-state index contributed by atoms with van der Waals surface area (Å²) in [6, 6.07) is 10.6. The summed E-state index contributed by atoms with van der Waals surface area (Å²) in [6.45, 7) is 0. The van der Waals surface area contributed by atoms with Crippen LogP contribution < -0.4 is 4.74 Å². The molecular weight excluding hydrogens is 300 g/mol. The zero-order valence-electron chi connectivity index (χ0n) is 9.34. The van der Waals surface area contributed by atoms with Gasteiger partial charge in [0.15, 0.2) is 0 Å². The molecule has 6 heteroatoms. The number of alkyl halides is 3. The van der Waals surface area contributed by atoms with E-state index in [0.29, 0.717) is 10.6 Å². The van der Waals surface area contributed by atoms with E-state index in [0.717, 1.165) is 6.07 Å². The van der Waals surface area contributed by atoms with Crippen molar-refractivity contribution in [1.82, 2.24) is 0 Å². The van der Waals surface area contributed by atoms with Gasteiger partial charge in [-0.05, 0) is 24.3 Å². The van der Waals surface area contributed by atoms with Gasteiger partial charge in [-0.1, -0.05) is 41.4 Å². The van der Waals surface area contributed by atoms with Crippen molar-refractivity contribution >= 4 is 23.2 Å². The first-order valence-electron chi connectivity index (χ1n) is 5.17. The van der Waals surface area contributed by atoms with E-state index in [-0.39, 0.29) is 16.3 Å². The third-order valence-corrected chi connectivity index (χ3v) is 2.90. The molecule has 100 valence electrons. The minimum absolute atomic E-state index is 0.148. The molecule has 2 rings (SSSR count). The fourth-order valence-electron chi connectivity index (χ4n) is 1.61. The highest BCUT2D eigenvalue weighted by atomic mass is 35.5. The van der Waals surface area contributed by atoms with E-state index in [1.54, 1.807) is 24.3 Å². The van der Waals surface area contributed by atoms with Crippen molar-refractivity contribution in [3.63, 3.8) is 0 Å². The molecule has 0 aromatic heterocycles. The van der Waals surface area contributed by atoms with Crippen molar-refractivity contribution in [2.45, 2.75) is 6.36 Å². The fraction of sp³-hybridized carbons (Fsp3) is 0.0769. The molecule has 0 aliphatic carbocycles. The normalized spacial score (nSPS) is 11.4. The molecule has 2 aromatic rings. The molecule has 2 aromatic carbocycles. The number of hydrogen-bond donors (Lipinski definition) is 0. The zero-order valence-corrected chi connectivity index (χ0v) is 10.9. The van der Waals surface area contributed by atoms with Gasteiger partial charge in [-0.25, -0.2) is 0 Å². The minimum atomic E-state index is -4.79. The third-order valence-electron chi connectivity index (χ3n) is 2.33. The largest absolute Gasteiger partial charge is 0.573 e. The Morgan fingerprint density at radius 2 is 1.58 bits per heavy atom. The SMILES string of the molecule is FC(F)(F)Oc1cc(Cl)ccc1-c1ccccc1Cl. The lowest BCUT2D eigenvalue weighted by Gasteiger charge is -2.14. The molecule has 0 atom stereocenters. The summed E-state index contributed by atoms with van der Waals surface area (Å²) in [6.07, 6.45) is -4.79. The number of rotatable bonds is 2. The Bertz CT molecular complexity index is 597. The summed E-state index contributed by atoms with van der Waals surface area (Å²) in [5, 5.41) is 0.479. The van der Waals surface area contributed by atoms with E-state index in [9.17, 15) is 13.2 Å². The Morgan fingerprint density at radius 3 is 2.21 bits per heavy atom. The van der Waals surface area contributed by atoms with Gasteiger partial charge in [0.2, 0.25) is 0 Å². The lowest BCUT2D eigenvalue weighted by atomic mass is 10.0. The molecule has 0 aliphatic rings. The van der Waals surface area contributed by atoms with Gasteiger partial charge in [-0.3, -0.25) is 0 Å². The van der Waals surface area contributed by atoms with Gasteiger partial charge in [0.1, 0.15) is 5.75 Å². The summed E-state index contributed by atoms with van der Waals surface area (Å²) >= 11 is 11.7. The molecule has 0 spiro atoms. The van der Waals surface area contributed by atoms with E-state index >= 15 is 0 Å². The van der Waals surface area contributed by atoms with Crippen LogP contribution in [0.1, 0.15) is 0 Å². The lowest BCUT2D eigenvalue weighted by Crippen LogP contribution is -2.17. The fourth-order valence-corrected chi connectivity index (χ4v) is 2.01. The number of ether oxygens (including phenoxy) is 1. The van der Waals surface area contributed by atoms with Gasteiger partial charge in [-0.2, -0.15) is 0 Å². The van der Waals surface area contributed by atoms with Crippen molar-refractivity contribution in [2.24, 2.45) is 0 Å². The summed E-state index contributed by atoms with van der Waals surface area (Å²) in [5.74, 6) is -0.381. The van der Waals surface area contributed by atoms with Crippen molar-refractivity contribution in [1.29, 1.82) is 0 Å². The highest BCUT2D eigenvalue weighted by molar-refractivity contribution is 6.33. The van der Waals surface area contributed by atoms with Crippen LogP contribution in [0.15, 0.2) is 42.5 Å². The Hall–Kier alpha value is -1.39. The maximum Gasteiger partial charge on any atom is 0.573 e. The van der Waals surface area contributed by atoms with Crippen LogP contribution in [0.2, 0.25) is 10.0 Å². The highest BCUT2D eigenvalue weighted by Crippen LogP contribution is 2.38. The van der Waals surface area contributed by atoms with Crippen molar-refractivity contribution in [3.05, 3.63) is 52.5 Å². The van der Waals surface area contributed by atoms with Crippen molar-refractivity contribution in [3.8, 4) is 16.9 Å². The maximum atomic E-state index is 12.4. The van der Waals surface area contributed by atoms with Crippen LogP contribution in [0.4, 0.5) is 13.2 Å². The van der Waals surface area contributed by atoms with Gasteiger partial charge < -0.3 is 4.74 Å². The lowest BCUT2D eigenvalue weighted by molar-refractivity contribution is -0.274. The Balaban J connectivity index is 2.54. The maximum absolute atomic E-state index is 12.4. The molecule has 0 heterocycles. The van der Waals surface area contributed by atoms with Crippen molar-refractivity contribution < 1.29 is 17.9 Å². The molecule has 0 radical (unpaired) electrons. The Morgan fingerprint density at radius 1 is 0.895 bits per heavy atom. The first-order chi connectivity index (χ1) is 8.87. The second kappa shape index (κ2) is 5.31. The van der Waals surface area contributed by atoms with E-state index < -0.39 is 6.36 Å². The molecule has 0 saturated heterocycles. The van der Waals surface area contributed by atoms with Crippen LogP contribution in [-0.4, -0.2) is 6.36 Å². The van der Waals surface area contributed by atoms with Crippen LogP contribution in [0.3, 0.4) is 0 Å². The van der Waals surface area contributed by atoms with E-state index in [1.165, 1.54) is 12.1 Å². The standard InChI is InChI=1S/C13H7Cl2F3O/c14-8-5-6-10(9-3-1-2-4-11(9)15)12(7-8)19-13(16,17)18/h1-7H. The van der Waals surface area contributed by atoms with Gasteiger partial charge >= 0.3 is 6.36 Å². The smallest absolute Gasteiger partial charge is 0.405 e. The summed E-state index contributed by atoms with van der Waals surface area (Å²) in [7, 11) is 0. The number of benzene rings is 2. The quantitative estimate of drug-likeness (QED) is 0.706. The first-order valence-corrected chi connectivity index (χ1v) is 5.92.